The van der Waals surface area contributed by atoms with Crippen molar-refractivity contribution in [3.8, 4) is 11.5 Å². The van der Waals surface area contributed by atoms with Crippen molar-refractivity contribution in [1.29, 1.82) is 0 Å². The number of rotatable bonds is 7. The molecule has 0 aliphatic rings. The van der Waals surface area contributed by atoms with Gasteiger partial charge in [0.2, 0.25) is 5.82 Å². The second-order valence-corrected chi connectivity index (χ2v) is 4.31. The number of nitrogens with two attached hydrogens (primary N) is 1. The SMILES string of the molecule is CCCOc1ccc(CN)c(OCc2nnn(C)n2)c1. The lowest BCUT2D eigenvalue weighted by atomic mass is 10.2. The second kappa shape index (κ2) is 6.85. The molecule has 2 N–H and O–H groups in total. The molecule has 20 heavy (non-hydrogen) atoms. The third-order valence-corrected chi connectivity index (χ3v) is 2.64. The van der Waals surface area contributed by atoms with Crippen molar-refractivity contribution in [2.75, 3.05) is 6.61 Å². The van der Waals surface area contributed by atoms with E-state index in [1.165, 1.54) is 4.80 Å². The van der Waals surface area contributed by atoms with Gasteiger partial charge >= 0.3 is 0 Å². The van der Waals surface area contributed by atoms with Gasteiger partial charge in [0.15, 0.2) is 6.61 Å². The van der Waals surface area contributed by atoms with E-state index in [1.807, 2.05) is 18.2 Å². The number of aryl methyl sites for hydroxylation is 1. The average Bonchev–Trinajstić information content (AvgIpc) is 2.88. The van der Waals surface area contributed by atoms with E-state index in [-0.39, 0.29) is 6.61 Å². The Hall–Kier alpha value is -2.15. The van der Waals surface area contributed by atoms with Crippen LogP contribution in [0.3, 0.4) is 0 Å². The number of benzene rings is 1. The molecule has 7 heteroatoms. The summed E-state index contributed by atoms with van der Waals surface area (Å²) in [6.45, 7) is 3.38. The maximum absolute atomic E-state index is 5.71. The molecule has 0 saturated carbocycles. The van der Waals surface area contributed by atoms with Crippen LogP contribution in [0.25, 0.3) is 0 Å². The molecule has 0 amide bonds. The Labute approximate surface area is 117 Å². The van der Waals surface area contributed by atoms with Gasteiger partial charge in [0.1, 0.15) is 11.5 Å². The number of tetrazole rings is 1. The monoisotopic (exact) mass is 277 g/mol. The molecule has 0 saturated heterocycles. The molecule has 0 fully saturated rings. The topological polar surface area (TPSA) is 88.1 Å². The molecule has 2 rings (SSSR count). The summed E-state index contributed by atoms with van der Waals surface area (Å²) in [4.78, 5) is 1.39. The van der Waals surface area contributed by atoms with Crippen LogP contribution in [0.4, 0.5) is 0 Å². The molecule has 7 nitrogen and oxygen atoms in total. The van der Waals surface area contributed by atoms with Crippen LogP contribution >= 0.6 is 0 Å². The average molecular weight is 277 g/mol. The van der Waals surface area contributed by atoms with Crippen molar-refractivity contribution in [3.63, 3.8) is 0 Å². The largest absolute Gasteiger partial charge is 0.493 e. The van der Waals surface area contributed by atoms with Crippen molar-refractivity contribution in [3.05, 3.63) is 29.6 Å². The maximum atomic E-state index is 5.71. The Kier molecular flexibility index (Phi) is 4.89. The molecule has 0 atom stereocenters. The van der Waals surface area contributed by atoms with Crippen molar-refractivity contribution < 1.29 is 9.47 Å². The summed E-state index contributed by atoms with van der Waals surface area (Å²) in [6.07, 6.45) is 0.957. The first-order valence-electron chi connectivity index (χ1n) is 6.54. The van der Waals surface area contributed by atoms with E-state index in [2.05, 4.69) is 22.3 Å². The van der Waals surface area contributed by atoms with Gasteiger partial charge in [-0.25, -0.2) is 0 Å². The summed E-state index contributed by atoms with van der Waals surface area (Å²) in [5.41, 5.74) is 6.62. The summed E-state index contributed by atoms with van der Waals surface area (Å²) in [5, 5.41) is 11.7. The highest BCUT2D eigenvalue weighted by Gasteiger charge is 2.07. The Bertz CT molecular complexity index is 555. The molecule has 2 aromatic rings. The molecular formula is C13H19N5O2. The highest BCUT2D eigenvalue weighted by atomic mass is 16.5. The van der Waals surface area contributed by atoms with Crippen LogP contribution in [0.15, 0.2) is 18.2 Å². The highest BCUT2D eigenvalue weighted by Crippen LogP contribution is 2.25. The maximum Gasteiger partial charge on any atom is 0.212 e. The summed E-state index contributed by atoms with van der Waals surface area (Å²) in [5.74, 6) is 1.98. The summed E-state index contributed by atoms with van der Waals surface area (Å²) < 4.78 is 11.3. The fraction of sp³-hybridized carbons (Fsp3) is 0.462. The predicted molar refractivity (Wildman–Crippen MR) is 73.2 cm³/mol. The first-order chi connectivity index (χ1) is 9.72. The van der Waals surface area contributed by atoms with Crippen molar-refractivity contribution in [1.82, 2.24) is 20.2 Å². The Morgan fingerprint density at radius 1 is 1.30 bits per heavy atom. The molecule has 0 radical (unpaired) electrons. The molecule has 1 aromatic heterocycles. The zero-order valence-electron chi connectivity index (χ0n) is 11.7. The molecule has 0 spiro atoms. The van der Waals surface area contributed by atoms with E-state index in [1.54, 1.807) is 7.05 Å². The highest BCUT2D eigenvalue weighted by molar-refractivity contribution is 5.40. The van der Waals surface area contributed by atoms with Crippen LogP contribution in [-0.4, -0.2) is 26.8 Å². The minimum absolute atomic E-state index is 0.248. The fourth-order valence-corrected chi connectivity index (χ4v) is 1.67. The lowest BCUT2D eigenvalue weighted by molar-refractivity contribution is 0.284. The van der Waals surface area contributed by atoms with Gasteiger partial charge in [0.05, 0.1) is 13.7 Å². The van der Waals surface area contributed by atoms with Crippen LogP contribution < -0.4 is 15.2 Å². The van der Waals surface area contributed by atoms with Gasteiger partial charge in [-0.15, -0.1) is 10.2 Å². The lowest BCUT2D eigenvalue weighted by Crippen LogP contribution is -2.05. The number of hydrogen-bond donors (Lipinski definition) is 1. The van der Waals surface area contributed by atoms with Gasteiger partial charge in [-0.3, -0.25) is 0 Å². The van der Waals surface area contributed by atoms with Crippen LogP contribution in [0.2, 0.25) is 0 Å². The van der Waals surface area contributed by atoms with Gasteiger partial charge in [0.25, 0.3) is 0 Å². The first-order valence-corrected chi connectivity index (χ1v) is 6.54. The van der Waals surface area contributed by atoms with Crippen molar-refractivity contribution in [2.45, 2.75) is 26.5 Å². The zero-order chi connectivity index (χ0) is 14.4. The van der Waals surface area contributed by atoms with E-state index in [0.29, 0.717) is 24.7 Å². The summed E-state index contributed by atoms with van der Waals surface area (Å²) in [7, 11) is 1.71. The first kappa shape index (κ1) is 14.3. The van der Waals surface area contributed by atoms with Gasteiger partial charge in [-0.05, 0) is 17.7 Å². The van der Waals surface area contributed by atoms with Crippen LogP contribution in [0.5, 0.6) is 11.5 Å². The Morgan fingerprint density at radius 3 is 2.80 bits per heavy atom. The van der Waals surface area contributed by atoms with Gasteiger partial charge in [-0.2, -0.15) is 4.80 Å². The minimum Gasteiger partial charge on any atom is -0.493 e. The molecule has 0 aliphatic heterocycles. The van der Waals surface area contributed by atoms with Crippen LogP contribution in [-0.2, 0) is 20.2 Å². The summed E-state index contributed by atoms with van der Waals surface area (Å²) >= 11 is 0. The zero-order valence-corrected chi connectivity index (χ0v) is 11.7. The Morgan fingerprint density at radius 2 is 2.15 bits per heavy atom. The second-order valence-electron chi connectivity index (χ2n) is 4.31. The number of ether oxygens (including phenoxy) is 2. The smallest absolute Gasteiger partial charge is 0.212 e. The fourth-order valence-electron chi connectivity index (χ4n) is 1.67. The van der Waals surface area contributed by atoms with E-state index >= 15 is 0 Å². The molecule has 0 unspecified atom stereocenters. The van der Waals surface area contributed by atoms with E-state index in [0.717, 1.165) is 17.7 Å². The lowest BCUT2D eigenvalue weighted by Gasteiger charge is -2.11. The van der Waals surface area contributed by atoms with Crippen LogP contribution in [0, 0.1) is 0 Å². The molecule has 1 aromatic carbocycles. The van der Waals surface area contributed by atoms with E-state index in [9.17, 15) is 0 Å². The molecule has 0 aliphatic carbocycles. The standard InChI is InChI=1S/C13H19N5O2/c1-3-6-19-11-5-4-10(8-14)12(7-11)20-9-13-15-17-18(2)16-13/h4-5,7H,3,6,8-9,14H2,1-2H3. The third-order valence-electron chi connectivity index (χ3n) is 2.64. The minimum atomic E-state index is 0.248. The third kappa shape index (κ3) is 3.67. The number of aromatic nitrogens is 4. The molecule has 1 heterocycles. The predicted octanol–water partition coefficient (Wildman–Crippen LogP) is 1.04. The van der Waals surface area contributed by atoms with Gasteiger partial charge in [-0.1, -0.05) is 13.0 Å². The molecule has 0 bridgehead atoms. The molecule has 108 valence electrons. The van der Waals surface area contributed by atoms with Crippen molar-refractivity contribution in [2.24, 2.45) is 12.8 Å². The van der Waals surface area contributed by atoms with Crippen molar-refractivity contribution >= 4 is 0 Å². The van der Waals surface area contributed by atoms with Crippen LogP contribution in [0.1, 0.15) is 24.7 Å². The Balaban J connectivity index is 2.07. The van der Waals surface area contributed by atoms with E-state index < -0.39 is 0 Å². The number of nitrogens with zero attached hydrogens (tertiary/aromatic N) is 4. The normalized spacial score (nSPS) is 10.6. The van der Waals surface area contributed by atoms with Gasteiger partial charge in [0, 0.05) is 18.2 Å². The summed E-state index contributed by atoms with van der Waals surface area (Å²) in [6, 6.07) is 5.64. The van der Waals surface area contributed by atoms with E-state index in [4.69, 9.17) is 15.2 Å². The molecular weight excluding hydrogens is 258 g/mol. The quantitative estimate of drug-likeness (QED) is 0.813. The number of hydrogen-bond acceptors (Lipinski definition) is 6. The van der Waals surface area contributed by atoms with Gasteiger partial charge < -0.3 is 15.2 Å².